The highest BCUT2D eigenvalue weighted by Crippen LogP contribution is 2.01. The fraction of sp³-hybridized carbons (Fsp3) is 0.364. The van der Waals surface area contributed by atoms with Crippen LogP contribution in [0.25, 0.3) is 0 Å². The number of hydrogen-bond acceptors (Lipinski definition) is 5. The molecule has 4 N–H and O–H groups in total. The van der Waals surface area contributed by atoms with E-state index < -0.39 is 23.8 Å². The number of carbonyl (C=O) groups excluding carboxylic acids is 2. The highest BCUT2D eigenvalue weighted by molar-refractivity contribution is 5.96. The molecule has 0 aromatic carbocycles. The Kier molecular flexibility index (Phi) is 4.92. The molecule has 1 rings (SSSR count). The fourth-order valence-corrected chi connectivity index (χ4v) is 1.30. The monoisotopic (exact) mass is 266 g/mol. The summed E-state index contributed by atoms with van der Waals surface area (Å²) in [7, 11) is 0. The van der Waals surface area contributed by atoms with Crippen molar-refractivity contribution in [2.24, 2.45) is 5.73 Å². The first-order valence-electron chi connectivity index (χ1n) is 5.50. The molecule has 8 nitrogen and oxygen atoms in total. The SMILES string of the molecule is Cc1ncc(C(=O)N[C@@H](CCC(N)=O)C(=O)O)cn1. The van der Waals surface area contributed by atoms with Crippen LogP contribution < -0.4 is 11.1 Å². The molecule has 2 amide bonds. The van der Waals surface area contributed by atoms with Crippen LogP contribution in [-0.4, -0.2) is 38.9 Å². The predicted molar refractivity (Wildman–Crippen MR) is 64.1 cm³/mol. The second-order valence-corrected chi connectivity index (χ2v) is 3.89. The number of amides is 2. The first-order chi connectivity index (χ1) is 8.90. The summed E-state index contributed by atoms with van der Waals surface area (Å²) >= 11 is 0. The second-order valence-electron chi connectivity index (χ2n) is 3.89. The molecule has 0 spiro atoms. The summed E-state index contributed by atoms with van der Waals surface area (Å²) in [5.41, 5.74) is 5.08. The number of carboxylic acids is 1. The third kappa shape index (κ3) is 4.70. The van der Waals surface area contributed by atoms with Crippen LogP contribution in [0.2, 0.25) is 0 Å². The van der Waals surface area contributed by atoms with Crippen LogP contribution in [0.1, 0.15) is 29.0 Å². The number of aryl methyl sites for hydroxylation is 1. The van der Waals surface area contributed by atoms with Gasteiger partial charge in [-0.25, -0.2) is 14.8 Å². The molecule has 0 radical (unpaired) electrons. The van der Waals surface area contributed by atoms with Gasteiger partial charge in [0.15, 0.2) is 0 Å². The van der Waals surface area contributed by atoms with E-state index in [1.54, 1.807) is 6.92 Å². The lowest BCUT2D eigenvalue weighted by Gasteiger charge is -2.13. The van der Waals surface area contributed by atoms with Gasteiger partial charge in [0.05, 0.1) is 5.56 Å². The number of nitrogens with two attached hydrogens (primary N) is 1. The minimum absolute atomic E-state index is 0.0663. The van der Waals surface area contributed by atoms with Crippen LogP contribution in [0.3, 0.4) is 0 Å². The molecule has 1 aromatic heterocycles. The molecule has 1 aromatic rings. The molecule has 0 aliphatic heterocycles. The number of carboxylic acid groups (broad SMARTS) is 1. The quantitative estimate of drug-likeness (QED) is 0.618. The van der Waals surface area contributed by atoms with Crippen LogP contribution in [0.15, 0.2) is 12.4 Å². The van der Waals surface area contributed by atoms with Gasteiger partial charge in [-0.2, -0.15) is 0 Å². The van der Waals surface area contributed by atoms with Crippen molar-refractivity contribution in [2.45, 2.75) is 25.8 Å². The minimum atomic E-state index is -1.23. The Labute approximate surface area is 109 Å². The smallest absolute Gasteiger partial charge is 0.326 e. The number of aromatic nitrogens is 2. The van der Waals surface area contributed by atoms with Crippen molar-refractivity contribution < 1.29 is 19.5 Å². The molecule has 0 saturated heterocycles. The molecule has 0 bridgehead atoms. The molecule has 1 heterocycles. The summed E-state index contributed by atoms with van der Waals surface area (Å²) in [6.45, 7) is 1.66. The molecule has 19 heavy (non-hydrogen) atoms. The summed E-state index contributed by atoms with van der Waals surface area (Å²) in [6, 6.07) is -1.18. The summed E-state index contributed by atoms with van der Waals surface area (Å²) in [4.78, 5) is 41.0. The van der Waals surface area contributed by atoms with Gasteiger partial charge in [0.1, 0.15) is 11.9 Å². The molecular weight excluding hydrogens is 252 g/mol. The fourth-order valence-electron chi connectivity index (χ4n) is 1.30. The highest BCUT2D eigenvalue weighted by atomic mass is 16.4. The number of rotatable bonds is 6. The Bertz CT molecular complexity index is 486. The van der Waals surface area contributed by atoms with Gasteiger partial charge in [-0.05, 0) is 13.3 Å². The molecule has 8 heteroatoms. The maximum absolute atomic E-state index is 11.7. The number of nitrogens with zero attached hydrogens (tertiary/aromatic N) is 2. The van der Waals surface area contributed by atoms with Crippen LogP contribution in [0.4, 0.5) is 0 Å². The Morgan fingerprint density at radius 1 is 1.37 bits per heavy atom. The van der Waals surface area contributed by atoms with Gasteiger partial charge in [-0.15, -0.1) is 0 Å². The standard InChI is InChI=1S/C11H14N4O4/c1-6-13-4-7(5-14-6)10(17)15-8(11(18)19)2-3-9(12)16/h4-5,8H,2-3H2,1H3,(H2,12,16)(H,15,17)(H,18,19)/t8-/m0/s1. The van der Waals surface area contributed by atoms with E-state index in [4.69, 9.17) is 10.8 Å². The van der Waals surface area contributed by atoms with Crippen LogP contribution in [-0.2, 0) is 9.59 Å². The van der Waals surface area contributed by atoms with Gasteiger partial charge in [0, 0.05) is 18.8 Å². The molecule has 0 unspecified atom stereocenters. The number of carbonyl (C=O) groups is 3. The van der Waals surface area contributed by atoms with Crippen molar-refractivity contribution in [1.82, 2.24) is 15.3 Å². The van der Waals surface area contributed by atoms with Gasteiger partial charge in [-0.3, -0.25) is 9.59 Å². The largest absolute Gasteiger partial charge is 0.480 e. The Hall–Kier alpha value is -2.51. The van der Waals surface area contributed by atoms with Crippen molar-refractivity contribution in [3.05, 3.63) is 23.8 Å². The van der Waals surface area contributed by atoms with E-state index in [1.165, 1.54) is 12.4 Å². The van der Waals surface area contributed by atoms with Crippen LogP contribution in [0.5, 0.6) is 0 Å². The molecular formula is C11H14N4O4. The van der Waals surface area contributed by atoms with Crippen LogP contribution >= 0.6 is 0 Å². The molecule has 102 valence electrons. The van der Waals surface area contributed by atoms with E-state index in [-0.39, 0.29) is 18.4 Å². The normalized spacial score (nSPS) is 11.6. The number of hydrogen-bond donors (Lipinski definition) is 3. The van der Waals surface area contributed by atoms with Crippen LogP contribution in [0, 0.1) is 6.92 Å². The Morgan fingerprint density at radius 3 is 2.42 bits per heavy atom. The van der Waals surface area contributed by atoms with Crippen molar-refractivity contribution in [3.8, 4) is 0 Å². The maximum Gasteiger partial charge on any atom is 0.326 e. The van der Waals surface area contributed by atoms with Gasteiger partial charge in [0.25, 0.3) is 5.91 Å². The van der Waals surface area contributed by atoms with Gasteiger partial charge in [-0.1, -0.05) is 0 Å². The van der Waals surface area contributed by atoms with E-state index in [2.05, 4.69) is 15.3 Å². The summed E-state index contributed by atoms with van der Waals surface area (Å²) in [5.74, 6) is -1.97. The van der Waals surface area contributed by atoms with Crippen molar-refractivity contribution >= 4 is 17.8 Å². The van der Waals surface area contributed by atoms with Gasteiger partial charge in [0.2, 0.25) is 5.91 Å². The lowest BCUT2D eigenvalue weighted by Crippen LogP contribution is -2.41. The van der Waals surface area contributed by atoms with Crippen molar-refractivity contribution in [2.75, 3.05) is 0 Å². The van der Waals surface area contributed by atoms with E-state index >= 15 is 0 Å². The summed E-state index contributed by atoms with van der Waals surface area (Å²) in [6.07, 6.45) is 2.40. The predicted octanol–water partition coefficient (Wildman–Crippen LogP) is -0.766. The Balaban J connectivity index is 2.68. The second kappa shape index (κ2) is 6.43. The third-order valence-corrected chi connectivity index (χ3v) is 2.33. The molecule has 0 aliphatic rings. The van der Waals surface area contributed by atoms with Crippen molar-refractivity contribution in [3.63, 3.8) is 0 Å². The summed E-state index contributed by atoms with van der Waals surface area (Å²) in [5, 5.41) is 11.2. The highest BCUT2D eigenvalue weighted by Gasteiger charge is 2.21. The number of nitrogens with one attached hydrogen (secondary N) is 1. The number of aliphatic carboxylic acids is 1. The first-order valence-corrected chi connectivity index (χ1v) is 5.50. The third-order valence-electron chi connectivity index (χ3n) is 2.33. The minimum Gasteiger partial charge on any atom is -0.480 e. The lowest BCUT2D eigenvalue weighted by atomic mass is 10.1. The maximum atomic E-state index is 11.7. The van der Waals surface area contributed by atoms with E-state index in [9.17, 15) is 14.4 Å². The number of primary amides is 1. The Morgan fingerprint density at radius 2 is 1.95 bits per heavy atom. The van der Waals surface area contributed by atoms with E-state index in [0.29, 0.717) is 5.82 Å². The van der Waals surface area contributed by atoms with Gasteiger partial charge < -0.3 is 16.2 Å². The molecule has 1 atom stereocenters. The zero-order valence-corrected chi connectivity index (χ0v) is 10.3. The van der Waals surface area contributed by atoms with E-state index in [1.807, 2.05) is 0 Å². The summed E-state index contributed by atoms with van der Waals surface area (Å²) < 4.78 is 0. The average molecular weight is 266 g/mol. The molecule has 0 saturated carbocycles. The van der Waals surface area contributed by atoms with Crippen molar-refractivity contribution in [1.29, 1.82) is 0 Å². The molecule has 0 aliphatic carbocycles. The van der Waals surface area contributed by atoms with Gasteiger partial charge >= 0.3 is 5.97 Å². The first kappa shape index (κ1) is 14.6. The molecule has 0 fully saturated rings. The average Bonchev–Trinajstić information content (AvgIpc) is 2.34. The zero-order valence-electron chi connectivity index (χ0n) is 10.3. The van der Waals surface area contributed by atoms with E-state index in [0.717, 1.165) is 0 Å². The zero-order chi connectivity index (χ0) is 14.4. The lowest BCUT2D eigenvalue weighted by molar-refractivity contribution is -0.139. The topological polar surface area (TPSA) is 135 Å².